The van der Waals surface area contributed by atoms with Gasteiger partial charge in [0.05, 0.1) is 6.61 Å². The molecule has 0 radical (unpaired) electrons. The number of carbonyl (C=O) groups excluding carboxylic acids is 2. The molecule has 192 valence electrons. The lowest BCUT2D eigenvalue weighted by atomic mass is 9.91. The second kappa shape index (κ2) is 10.2. The molecule has 3 N–H and O–H groups in total. The van der Waals surface area contributed by atoms with Gasteiger partial charge in [-0.1, -0.05) is 66.7 Å². The van der Waals surface area contributed by atoms with E-state index in [2.05, 4.69) is 0 Å². The van der Waals surface area contributed by atoms with Gasteiger partial charge in [0.25, 0.3) is 0 Å². The fraction of sp³-hybridized carbons (Fsp3) is 0.286. The largest absolute Gasteiger partial charge is 0.387 e. The third-order valence-corrected chi connectivity index (χ3v) is 6.56. The molecule has 5 rings (SSSR count). The van der Waals surface area contributed by atoms with Crippen molar-refractivity contribution in [2.45, 2.75) is 36.7 Å². The highest BCUT2D eigenvalue weighted by molar-refractivity contribution is 6.19. The molecule has 2 aliphatic heterocycles. The van der Waals surface area contributed by atoms with Crippen LogP contribution in [-0.2, 0) is 24.9 Å². The van der Waals surface area contributed by atoms with Crippen LogP contribution in [0.4, 0.5) is 0 Å². The zero-order valence-electron chi connectivity index (χ0n) is 19.9. The Hall–Kier alpha value is -3.28. The fourth-order valence-corrected chi connectivity index (χ4v) is 4.56. The molecular formula is C28H26O9. The molecule has 1 unspecified atom stereocenters. The zero-order valence-corrected chi connectivity index (χ0v) is 19.9. The van der Waals surface area contributed by atoms with E-state index in [-0.39, 0.29) is 29.1 Å². The summed E-state index contributed by atoms with van der Waals surface area (Å²) in [6.45, 7) is -0.197. The van der Waals surface area contributed by atoms with Crippen molar-refractivity contribution in [3.63, 3.8) is 0 Å². The average Bonchev–Trinajstić information content (AvgIpc) is 2.95. The van der Waals surface area contributed by atoms with Crippen LogP contribution in [0.2, 0.25) is 0 Å². The summed E-state index contributed by atoms with van der Waals surface area (Å²) < 4.78 is 21.9. The van der Waals surface area contributed by atoms with Crippen molar-refractivity contribution < 1.29 is 43.9 Å². The predicted molar refractivity (Wildman–Crippen MR) is 129 cm³/mol. The van der Waals surface area contributed by atoms with Crippen LogP contribution in [0.15, 0.2) is 78.9 Å². The normalized spacial score (nSPS) is 29.4. The van der Waals surface area contributed by atoms with Gasteiger partial charge in [0.15, 0.2) is 17.9 Å². The van der Waals surface area contributed by atoms with Crippen LogP contribution in [-0.4, -0.2) is 71.3 Å². The molecule has 0 saturated carbocycles. The Morgan fingerprint density at radius 1 is 0.865 bits per heavy atom. The predicted octanol–water partition coefficient (Wildman–Crippen LogP) is 1.76. The van der Waals surface area contributed by atoms with Gasteiger partial charge in [0, 0.05) is 34.9 Å². The van der Waals surface area contributed by atoms with Crippen LogP contribution < -0.4 is 0 Å². The SMILES string of the molecule is CO[C@H]1O[C@@H]2COC(O)(c3ccc(C(=O)c4ccccc4)c(C(=O)c4ccccc4)c3)O[C@@H]2[C@H](O)[C@H]1O. The van der Waals surface area contributed by atoms with Crippen molar-refractivity contribution in [1.29, 1.82) is 0 Å². The van der Waals surface area contributed by atoms with Crippen LogP contribution >= 0.6 is 0 Å². The summed E-state index contributed by atoms with van der Waals surface area (Å²) in [6.07, 6.45) is -5.93. The Balaban J connectivity index is 1.53. The smallest absolute Gasteiger partial charge is 0.310 e. The van der Waals surface area contributed by atoms with Gasteiger partial charge in [0.2, 0.25) is 0 Å². The minimum atomic E-state index is -2.38. The van der Waals surface area contributed by atoms with Gasteiger partial charge in [-0.05, 0) is 12.1 Å². The third-order valence-electron chi connectivity index (χ3n) is 6.56. The van der Waals surface area contributed by atoms with Crippen molar-refractivity contribution in [2.24, 2.45) is 0 Å². The lowest BCUT2D eigenvalue weighted by Gasteiger charge is -2.48. The first-order valence-electron chi connectivity index (χ1n) is 11.7. The number of carbonyl (C=O) groups is 2. The van der Waals surface area contributed by atoms with Gasteiger partial charge >= 0.3 is 5.97 Å². The molecule has 2 fully saturated rings. The highest BCUT2D eigenvalue weighted by Crippen LogP contribution is 2.38. The summed E-state index contributed by atoms with van der Waals surface area (Å²) in [7, 11) is 1.32. The summed E-state index contributed by atoms with van der Waals surface area (Å²) in [5.74, 6) is -3.18. The quantitative estimate of drug-likeness (QED) is 0.428. The molecule has 6 atom stereocenters. The summed E-state index contributed by atoms with van der Waals surface area (Å²) in [5.41, 5.74) is 0.962. The Kier molecular flexibility index (Phi) is 7.02. The third kappa shape index (κ3) is 4.74. The van der Waals surface area contributed by atoms with Gasteiger partial charge in [-0.15, -0.1) is 0 Å². The molecule has 0 spiro atoms. The van der Waals surface area contributed by atoms with Crippen LogP contribution in [0.1, 0.15) is 37.4 Å². The van der Waals surface area contributed by atoms with Crippen molar-refractivity contribution >= 4 is 11.6 Å². The first kappa shape index (κ1) is 25.4. The molecule has 0 bridgehead atoms. The number of benzene rings is 3. The van der Waals surface area contributed by atoms with E-state index in [9.17, 15) is 24.9 Å². The first-order valence-corrected chi connectivity index (χ1v) is 11.7. The van der Waals surface area contributed by atoms with Gasteiger partial charge < -0.3 is 34.3 Å². The van der Waals surface area contributed by atoms with E-state index in [0.29, 0.717) is 11.1 Å². The minimum Gasteiger partial charge on any atom is -0.387 e. The number of ketones is 2. The standard InChI is InChI=1S/C28H26O9/c1-34-27-25(32)24(31)26-21(36-27)15-35-28(33,37-26)18-12-13-19(22(29)16-8-4-2-5-9-16)20(14-18)23(30)17-10-6-3-7-11-17/h2-14,21,24-27,31-33H,15H2,1H3/t21-,24-,25-,26+,27+,28?/m1/s1. The van der Waals surface area contributed by atoms with Crippen molar-refractivity contribution in [3.05, 3.63) is 107 Å². The summed E-state index contributed by atoms with van der Waals surface area (Å²) >= 11 is 0. The highest BCUT2D eigenvalue weighted by Gasteiger charge is 2.53. The number of rotatable bonds is 6. The molecule has 37 heavy (non-hydrogen) atoms. The molecule has 9 nitrogen and oxygen atoms in total. The van der Waals surface area contributed by atoms with Gasteiger partial charge in [-0.2, -0.15) is 0 Å². The van der Waals surface area contributed by atoms with E-state index in [1.165, 1.54) is 25.3 Å². The molecule has 0 aliphatic carbocycles. The number of hydrogen-bond donors (Lipinski definition) is 3. The molecule has 0 aromatic heterocycles. The van der Waals surface area contributed by atoms with Crippen molar-refractivity contribution in [1.82, 2.24) is 0 Å². The Bertz CT molecular complexity index is 1280. The molecule has 9 heteroatoms. The van der Waals surface area contributed by atoms with Crippen LogP contribution in [0.3, 0.4) is 0 Å². The van der Waals surface area contributed by atoms with E-state index in [4.69, 9.17) is 18.9 Å². The molecular weight excluding hydrogens is 480 g/mol. The molecule has 3 aromatic carbocycles. The van der Waals surface area contributed by atoms with Crippen molar-refractivity contribution in [3.8, 4) is 0 Å². The first-order chi connectivity index (χ1) is 17.8. The minimum absolute atomic E-state index is 0.0328. The second-order valence-electron chi connectivity index (χ2n) is 8.89. The fourth-order valence-electron chi connectivity index (χ4n) is 4.56. The maximum Gasteiger partial charge on any atom is 0.310 e. The lowest BCUT2D eigenvalue weighted by Crippen LogP contribution is -2.64. The van der Waals surface area contributed by atoms with Crippen LogP contribution in [0.5, 0.6) is 0 Å². The molecule has 2 heterocycles. The van der Waals surface area contributed by atoms with Gasteiger partial charge in [0.1, 0.15) is 24.4 Å². The highest BCUT2D eigenvalue weighted by atomic mass is 16.8. The average molecular weight is 507 g/mol. The van der Waals surface area contributed by atoms with Crippen LogP contribution in [0, 0.1) is 0 Å². The molecule has 2 saturated heterocycles. The van der Waals surface area contributed by atoms with Crippen LogP contribution in [0.25, 0.3) is 0 Å². The summed E-state index contributed by atoms with van der Waals surface area (Å²) in [4.78, 5) is 26.8. The Morgan fingerprint density at radius 2 is 1.46 bits per heavy atom. The maximum atomic E-state index is 13.5. The number of hydrogen-bond acceptors (Lipinski definition) is 9. The van der Waals surface area contributed by atoms with E-state index in [0.717, 1.165) is 0 Å². The number of ether oxygens (including phenoxy) is 4. The maximum absolute atomic E-state index is 13.5. The van der Waals surface area contributed by atoms with E-state index in [1.807, 2.05) is 0 Å². The van der Waals surface area contributed by atoms with Crippen molar-refractivity contribution in [2.75, 3.05) is 13.7 Å². The number of fused-ring (bicyclic) bond motifs is 1. The summed E-state index contributed by atoms with van der Waals surface area (Å²) in [5, 5.41) is 32.2. The lowest BCUT2D eigenvalue weighted by molar-refractivity contribution is -0.458. The van der Waals surface area contributed by atoms with E-state index in [1.54, 1.807) is 60.7 Å². The van der Waals surface area contributed by atoms with Gasteiger partial charge in [-0.3, -0.25) is 9.59 Å². The number of aliphatic hydroxyl groups is 3. The zero-order chi connectivity index (χ0) is 26.2. The number of methoxy groups -OCH3 is 1. The Labute approximate surface area is 212 Å². The van der Waals surface area contributed by atoms with E-state index < -0.39 is 42.5 Å². The number of aliphatic hydroxyl groups excluding tert-OH is 2. The topological polar surface area (TPSA) is 132 Å². The molecule has 0 amide bonds. The van der Waals surface area contributed by atoms with Gasteiger partial charge in [-0.25, -0.2) is 0 Å². The monoisotopic (exact) mass is 506 g/mol. The summed E-state index contributed by atoms with van der Waals surface area (Å²) in [6, 6.07) is 21.2. The molecule has 3 aromatic rings. The molecule has 2 aliphatic rings. The second-order valence-corrected chi connectivity index (χ2v) is 8.89. The van der Waals surface area contributed by atoms with E-state index >= 15 is 0 Å². The Morgan fingerprint density at radius 3 is 2.05 bits per heavy atom.